The zero-order valence-corrected chi connectivity index (χ0v) is 10.4. The molecular formula is C16H16N2. The highest BCUT2D eigenvalue weighted by Crippen LogP contribution is 2.35. The maximum Gasteiger partial charge on any atom is 0.0725 e. The number of anilines is 1. The number of hydrogen-bond acceptors (Lipinski definition) is 1. The smallest absolute Gasteiger partial charge is 0.0725 e. The highest BCUT2D eigenvalue weighted by molar-refractivity contribution is 6.00. The number of para-hydroxylation sites is 1. The lowest BCUT2D eigenvalue weighted by Crippen LogP contribution is -1.98. The van der Waals surface area contributed by atoms with Crippen molar-refractivity contribution in [3.05, 3.63) is 54.6 Å². The molecule has 2 nitrogen and oxygen atoms in total. The third-order valence-corrected chi connectivity index (χ3v) is 3.37. The molecule has 0 unspecified atom stereocenters. The quantitative estimate of drug-likeness (QED) is 0.718. The normalized spacial score (nSPS) is 10.9. The van der Waals surface area contributed by atoms with E-state index < -0.39 is 0 Å². The molecule has 2 aromatic carbocycles. The minimum atomic E-state index is 0.874. The van der Waals surface area contributed by atoms with Gasteiger partial charge in [-0.05, 0) is 13.0 Å². The third-order valence-electron chi connectivity index (χ3n) is 3.37. The standard InChI is InChI=1S/C16H16N2/c1-2-18-14-11-7-6-10-13(14)15(17)16(18)12-8-4-3-5-9-12/h3-11H,2,17H2,1H3. The molecule has 2 heteroatoms. The van der Waals surface area contributed by atoms with E-state index >= 15 is 0 Å². The Bertz CT molecular complexity index is 681. The lowest BCUT2D eigenvalue weighted by atomic mass is 10.1. The minimum Gasteiger partial charge on any atom is -0.396 e. The average Bonchev–Trinajstić information content (AvgIpc) is 2.73. The summed E-state index contributed by atoms with van der Waals surface area (Å²) < 4.78 is 2.28. The summed E-state index contributed by atoms with van der Waals surface area (Å²) in [5.74, 6) is 0. The van der Waals surface area contributed by atoms with Crippen molar-refractivity contribution >= 4 is 16.6 Å². The third kappa shape index (κ3) is 1.50. The van der Waals surface area contributed by atoms with Crippen LogP contribution in [0.25, 0.3) is 22.2 Å². The molecule has 0 fully saturated rings. The zero-order valence-electron chi connectivity index (χ0n) is 10.4. The van der Waals surface area contributed by atoms with Crippen molar-refractivity contribution < 1.29 is 0 Å². The number of nitrogens with two attached hydrogens (primary N) is 1. The Morgan fingerprint density at radius 2 is 1.61 bits per heavy atom. The molecule has 0 radical (unpaired) electrons. The molecular weight excluding hydrogens is 220 g/mol. The number of aromatic nitrogens is 1. The van der Waals surface area contributed by atoms with Crippen molar-refractivity contribution in [2.24, 2.45) is 0 Å². The predicted molar refractivity (Wildman–Crippen MR) is 77.5 cm³/mol. The van der Waals surface area contributed by atoms with Gasteiger partial charge in [0, 0.05) is 17.5 Å². The van der Waals surface area contributed by atoms with Gasteiger partial charge in [0.1, 0.15) is 0 Å². The Hall–Kier alpha value is -2.22. The Morgan fingerprint density at radius 3 is 2.33 bits per heavy atom. The summed E-state index contributed by atoms with van der Waals surface area (Å²) in [5, 5.41) is 1.14. The number of fused-ring (bicyclic) bond motifs is 1. The molecule has 3 aromatic rings. The highest BCUT2D eigenvalue weighted by Gasteiger charge is 2.14. The van der Waals surface area contributed by atoms with Gasteiger partial charge in [0.15, 0.2) is 0 Å². The van der Waals surface area contributed by atoms with Gasteiger partial charge >= 0.3 is 0 Å². The number of benzene rings is 2. The predicted octanol–water partition coefficient (Wildman–Crippen LogP) is 3.91. The molecule has 0 spiro atoms. The molecule has 0 saturated carbocycles. The van der Waals surface area contributed by atoms with Crippen LogP contribution in [0.4, 0.5) is 5.69 Å². The second-order valence-electron chi connectivity index (χ2n) is 4.39. The van der Waals surface area contributed by atoms with Crippen LogP contribution in [-0.4, -0.2) is 4.57 Å². The first-order valence-electron chi connectivity index (χ1n) is 6.25. The maximum atomic E-state index is 6.33. The van der Waals surface area contributed by atoms with Gasteiger partial charge in [-0.15, -0.1) is 0 Å². The fraction of sp³-hybridized carbons (Fsp3) is 0.125. The largest absolute Gasteiger partial charge is 0.396 e. The van der Waals surface area contributed by atoms with E-state index in [4.69, 9.17) is 5.73 Å². The summed E-state index contributed by atoms with van der Waals surface area (Å²) in [5.41, 5.74) is 10.7. The van der Waals surface area contributed by atoms with Crippen molar-refractivity contribution in [1.29, 1.82) is 0 Å². The molecule has 90 valence electrons. The van der Waals surface area contributed by atoms with Crippen LogP contribution >= 0.6 is 0 Å². The number of aryl methyl sites for hydroxylation is 1. The Morgan fingerprint density at radius 1 is 0.944 bits per heavy atom. The van der Waals surface area contributed by atoms with Crippen molar-refractivity contribution in [2.45, 2.75) is 13.5 Å². The topological polar surface area (TPSA) is 30.9 Å². The van der Waals surface area contributed by atoms with Crippen LogP contribution in [0.5, 0.6) is 0 Å². The first-order valence-corrected chi connectivity index (χ1v) is 6.25. The molecule has 1 aromatic heterocycles. The lowest BCUT2D eigenvalue weighted by Gasteiger charge is -2.08. The maximum absolute atomic E-state index is 6.33. The molecule has 0 atom stereocenters. The van der Waals surface area contributed by atoms with E-state index in [-0.39, 0.29) is 0 Å². The highest BCUT2D eigenvalue weighted by atomic mass is 15.0. The van der Waals surface area contributed by atoms with Crippen LogP contribution in [0.15, 0.2) is 54.6 Å². The van der Waals surface area contributed by atoms with Gasteiger partial charge in [-0.3, -0.25) is 0 Å². The Balaban J connectivity index is 2.38. The summed E-state index contributed by atoms with van der Waals surface area (Å²) in [7, 11) is 0. The van der Waals surface area contributed by atoms with Crippen LogP contribution in [-0.2, 0) is 6.54 Å². The molecule has 18 heavy (non-hydrogen) atoms. The second kappa shape index (κ2) is 4.22. The Kier molecular flexibility index (Phi) is 2.56. The molecule has 2 N–H and O–H groups in total. The van der Waals surface area contributed by atoms with Crippen molar-refractivity contribution in [1.82, 2.24) is 4.57 Å². The molecule has 0 aliphatic rings. The summed E-state index contributed by atoms with van der Waals surface area (Å²) in [6, 6.07) is 18.6. The van der Waals surface area contributed by atoms with Gasteiger partial charge in [-0.1, -0.05) is 48.5 Å². The summed E-state index contributed by atoms with van der Waals surface area (Å²) in [6.45, 7) is 3.07. The first kappa shape index (κ1) is 10.9. The molecule has 0 saturated heterocycles. The molecule has 0 aliphatic carbocycles. The van der Waals surface area contributed by atoms with E-state index in [0.717, 1.165) is 23.3 Å². The summed E-state index contributed by atoms with van der Waals surface area (Å²) in [6.07, 6.45) is 0. The van der Waals surface area contributed by atoms with Crippen molar-refractivity contribution in [3.63, 3.8) is 0 Å². The minimum absolute atomic E-state index is 0.874. The molecule has 1 heterocycles. The fourth-order valence-corrected chi connectivity index (χ4v) is 2.57. The van der Waals surface area contributed by atoms with E-state index in [1.807, 2.05) is 24.3 Å². The van der Waals surface area contributed by atoms with Gasteiger partial charge in [0.25, 0.3) is 0 Å². The van der Waals surface area contributed by atoms with Crippen LogP contribution in [0.3, 0.4) is 0 Å². The fourth-order valence-electron chi connectivity index (χ4n) is 2.57. The molecule has 0 bridgehead atoms. The summed E-state index contributed by atoms with van der Waals surface area (Å²) in [4.78, 5) is 0. The molecule has 3 rings (SSSR count). The number of nitrogen functional groups attached to an aromatic ring is 1. The average molecular weight is 236 g/mol. The molecule has 0 aliphatic heterocycles. The van der Waals surface area contributed by atoms with Crippen LogP contribution in [0, 0.1) is 0 Å². The van der Waals surface area contributed by atoms with Crippen molar-refractivity contribution in [2.75, 3.05) is 5.73 Å². The summed E-state index contributed by atoms with van der Waals surface area (Å²) >= 11 is 0. The SMILES string of the molecule is CCn1c(-c2ccccc2)c(N)c2ccccc21. The van der Waals surface area contributed by atoms with Crippen molar-refractivity contribution in [3.8, 4) is 11.3 Å². The number of rotatable bonds is 2. The van der Waals surface area contributed by atoms with E-state index in [9.17, 15) is 0 Å². The van der Waals surface area contributed by atoms with E-state index in [0.29, 0.717) is 0 Å². The van der Waals surface area contributed by atoms with Gasteiger partial charge < -0.3 is 10.3 Å². The van der Waals surface area contributed by atoms with Crippen LogP contribution in [0.1, 0.15) is 6.92 Å². The monoisotopic (exact) mass is 236 g/mol. The first-order chi connectivity index (χ1) is 8.83. The van der Waals surface area contributed by atoms with E-state index in [1.54, 1.807) is 0 Å². The van der Waals surface area contributed by atoms with Gasteiger partial charge in [-0.2, -0.15) is 0 Å². The van der Waals surface area contributed by atoms with Crippen LogP contribution in [0.2, 0.25) is 0 Å². The van der Waals surface area contributed by atoms with Crippen LogP contribution < -0.4 is 5.73 Å². The van der Waals surface area contributed by atoms with Gasteiger partial charge in [-0.25, -0.2) is 0 Å². The number of hydrogen-bond donors (Lipinski definition) is 1. The van der Waals surface area contributed by atoms with Gasteiger partial charge in [0.05, 0.1) is 16.9 Å². The Labute approximate surface area is 107 Å². The van der Waals surface area contributed by atoms with E-state index in [1.165, 1.54) is 11.1 Å². The van der Waals surface area contributed by atoms with E-state index in [2.05, 4.69) is 41.8 Å². The lowest BCUT2D eigenvalue weighted by molar-refractivity contribution is 0.806. The zero-order chi connectivity index (χ0) is 12.5. The number of nitrogens with zero attached hydrogens (tertiary/aromatic N) is 1. The second-order valence-corrected chi connectivity index (χ2v) is 4.39. The van der Waals surface area contributed by atoms with Gasteiger partial charge in [0.2, 0.25) is 0 Å². The molecule has 0 amide bonds.